The smallest absolute Gasteiger partial charge is 0.341 e. The fourth-order valence-corrected chi connectivity index (χ4v) is 5.56. The van der Waals surface area contributed by atoms with Crippen LogP contribution in [0, 0.1) is 0 Å². The van der Waals surface area contributed by atoms with Crippen LogP contribution in [0.4, 0.5) is 5.00 Å². The number of thiophene rings is 1. The number of hydrogen-bond donors (Lipinski definition) is 1. The third kappa shape index (κ3) is 4.94. The molecule has 1 heterocycles. The molecule has 0 aliphatic heterocycles. The fraction of sp³-hybridized carbons (Fsp3) is 0.333. The van der Waals surface area contributed by atoms with E-state index in [9.17, 15) is 9.59 Å². The van der Waals surface area contributed by atoms with Gasteiger partial charge in [0, 0.05) is 4.88 Å². The molecule has 0 atom stereocenters. The van der Waals surface area contributed by atoms with E-state index >= 15 is 0 Å². The summed E-state index contributed by atoms with van der Waals surface area (Å²) in [6.45, 7) is 2.36. The van der Waals surface area contributed by atoms with Crippen LogP contribution in [-0.4, -0.2) is 18.5 Å². The molecule has 32 heavy (non-hydrogen) atoms. The van der Waals surface area contributed by atoms with Crippen LogP contribution in [0.15, 0.2) is 60.7 Å². The molecule has 3 aromatic rings. The lowest BCUT2D eigenvalue weighted by molar-refractivity contribution is -0.116. The zero-order valence-corrected chi connectivity index (χ0v) is 19.3. The average molecular weight is 448 g/mol. The number of ether oxygens (including phenoxy) is 1. The van der Waals surface area contributed by atoms with Crippen LogP contribution >= 0.6 is 11.3 Å². The van der Waals surface area contributed by atoms with E-state index in [0.29, 0.717) is 17.2 Å². The molecule has 0 unspecified atom stereocenters. The van der Waals surface area contributed by atoms with Gasteiger partial charge in [-0.2, -0.15) is 0 Å². The summed E-state index contributed by atoms with van der Waals surface area (Å²) in [5, 5.41) is 3.75. The van der Waals surface area contributed by atoms with Gasteiger partial charge in [-0.05, 0) is 48.8 Å². The standard InChI is InChI=1S/C27H29NO3S/c1-2-18-31-27(30)24-21-16-10-5-11-17-22(21)32-26(24)28-25(29)23(19-12-6-3-7-13-19)20-14-8-4-9-15-20/h3-4,6-9,12-15,23H,2,5,10-11,16-18H2,1H3,(H,28,29). The Morgan fingerprint density at radius 3 is 2.19 bits per heavy atom. The van der Waals surface area contributed by atoms with E-state index in [2.05, 4.69) is 5.32 Å². The normalized spacial score (nSPS) is 13.3. The first kappa shape index (κ1) is 22.3. The van der Waals surface area contributed by atoms with Crippen LogP contribution in [-0.2, 0) is 22.4 Å². The minimum absolute atomic E-state index is 0.136. The second kappa shape index (κ2) is 10.6. The first-order chi connectivity index (χ1) is 15.7. The van der Waals surface area contributed by atoms with Crippen molar-refractivity contribution in [3.05, 3.63) is 87.8 Å². The zero-order valence-electron chi connectivity index (χ0n) is 18.4. The summed E-state index contributed by atoms with van der Waals surface area (Å²) < 4.78 is 5.51. The Hall–Kier alpha value is -2.92. The van der Waals surface area contributed by atoms with E-state index in [0.717, 1.165) is 55.2 Å². The van der Waals surface area contributed by atoms with E-state index in [1.54, 1.807) is 11.3 Å². The van der Waals surface area contributed by atoms with Crippen molar-refractivity contribution in [3.8, 4) is 0 Å². The highest BCUT2D eigenvalue weighted by Crippen LogP contribution is 2.39. The number of nitrogens with one attached hydrogen (secondary N) is 1. The lowest BCUT2D eigenvalue weighted by Crippen LogP contribution is -2.23. The summed E-state index contributed by atoms with van der Waals surface area (Å²) in [7, 11) is 0. The highest BCUT2D eigenvalue weighted by atomic mass is 32.1. The number of esters is 1. The van der Waals surface area contributed by atoms with Gasteiger partial charge in [-0.1, -0.05) is 74.0 Å². The maximum Gasteiger partial charge on any atom is 0.341 e. The average Bonchev–Trinajstić information content (AvgIpc) is 2.99. The van der Waals surface area contributed by atoms with Crippen LogP contribution in [0.1, 0.15) is 70.5 Å². The van der Waals surface area contributed by atoms with E-state index in [1.165, 1.54) is 4.88 Å². The Kier molecular flexibility index (Phi) is 7.38. The Bertz CT molecular complexity index is 1020. The summed E-state index contributed by atoms with van der Waals surface area (Å²) in [5.74, 6) is -0.917. The lowest BCUT2D eigenvalue weighted by atomic mass is 9.90. The number of carbonyl (C=O) groups is 2. The minimum atomic E-state index is -0.459. The summed E-state index contributed by atoms with van der Waals surface area (Å²) in [6, 6.07) is 19.5. The summed E-state index contributed by atoms with van der Waals surface area (Å²) in [5.41, 5.74) is 3.47. The molecule has 5 heteroatoms. The van der Waals surface area contributed by atoms with Crippen molar-refractivity contribution in [1.82, 2.24) is 0 Å². The Labute approximate surface area is 193 Å². The van der Waals surface area contributed by atoms with E-state index in [4.69, 9.17) is 4.74 Å². The molecule has 0 radical (unpaired) electrons. The van der Waals surface area contributed by atoms with Crippen LogP contribution in [0.3, 0.4) is 0 Å². The molecule has 166 valence electrons. The predicted molar refractivity (Wildman–Crippen MR) is 130 cm³/mol. The molecule has 0 bridgehead atoms. The summed E-state index contributed by atoms with van der Waals surface area (Å²) in [6.07, 6.45) is 5.91. The zero-order chi connectivity index (χ0) is 22.3. The van der Waals surface area contributed by atoms with Gasteiger partial charge in [-0.3, -0.25) is 4.79 Å². The number of benzene rings is 2. The van der Waals surface area contributed by atoms with E-state index in [-0.39, 0.29) is 11.9 Å². The first-order valence-corrected chi connectivity index (χ1v) is 12.2. The summed E-state index contributed by atoms with van der Waals surface area (Å²) >= 11 is 1.54. The minimum Gasteiger partial charge on any atom is -0.462 e. The van der Waals surface area contributed by atoms with Gasteiger partial charge in [0.05, 0.1) is 18.1 Å². The molecule has 0 saturated heterocycles. The molecule has 1 aliphatic rings. The van der Waals surface area contributed by atoms with E-state index < -0.39 is 5.92 Å². The predicted octanol–water partition coefficient (Wildman–Crippen LogP) is 6.35. The molecule has 1 N–H and O–H groups in total. The number of hydrogen-bond acceptors (Lipinski definition) is 4. The molecule has 0 spiro atoms. The van der Waals surface area contributed by atoms with Gasteiger partial charge in [0.15, 0.2) is 0 Å². The maximum atomic E-state index is 13.6. The first-order valence-electron chi connectivity index (χ1n) is 11.4. The van der Waals surface area contributed by atoms with E-state index in [1.807, 2.05) is 67.6 Å². The van der Waals surface area contributed by atoms with Crippen LogP contribution in [0.5, 0.6) is 0 Å². The fourth-order valence-electron chi connectivity index (χ4n) is 4.28. The van der Waals surface area contributed by atoms with Crippen molar-refractivity contribution in [3.63, 3.8) is 0 Å². The van der Waals surface area contributed by atoms with Crippen molar-refractivity contribution in [2.75, 3.05) is 11.9 Å². The highest BCUT2D eigenvalue weighted by Gasteiger charge is 2.29. The Morgan fingerprint density at radius 2 is 1.56 bits per heavy atom. The van der Waals surface area contributed by atoms with Crippen molar-refractivity contribution >= 4 is 28.2 Å². The van der Waals surface area contributed by atoms with Gasteiger partial charge in [0.25, 0.3) is 0 Å². The maximum absolute atomic E-state index is 13.6. The quantitative estimate of drug-likeness (QED) is 0.339. The SMILES string of the molecule is CCCOC(=O)c1c(NC(=O)C(c2ccccc2)c2ccccc2)sc2c1CCCCC2. The van der Waals surface area contributed by atoms with Gasteiger partial charge in [-0.15, -0.1) is 11.3 Å². The molecular formula is C27H29NO3S. The molecule has 2 aromatic carbocycles. The molecule has 4 nitrogen and oxygen atoms in total. The van der Waals surface area contributed by atoms with Crippen molar-refractivity contribution in [2.45, 2.75) is 51.4 Å². The molecular weight excluding hydrogens is 418 g/mol. The number of carbonyl (C=O) groups excluding carboxylic acids is 2. The second-order valence-corrected chi connectivity index (χ2v) is 9.25. The van der Waals surface area contributed by atoms with Crippen LogP contribution < -0.4 is 5.32 Å². The Morgan fingerprint density at radius 1 is 0.938 bits per heavy atom. The third-order valence-electron chi connectivity index (χ3n) is 5.83. The number of amides is 1. The van der Waals surface area contributed by atoms with Gasteiger partial charge >= 0.3 is 5.97 Å². The van der Waals surface area contributed by atoms with Crippen molar-refractivity contribution < 1.29 is 14.3 Å². The van der Waals surface area contributed by atoms with Gasteiger partial charge in [0.1, 0.15) is 5.00 Å². The molecule has 0 saturated carbocycles. The largest absolute Gasteiger partial charge is 0.462 e. The Balaban J connectivity index is 1.70. The number of anilines is 1. The molecule has 1 aromatic heterocycles. The molecule has 4 rings (SSSR count). The lowest BCUT2D eigenvalue weighted by Gasteiger charge is -2.18. The third-order valence-corrected chi connectivity index (χ3v) is 7.03. The van der Waals surface area contributed by atoms with Gasteiger partial charge in [-0.25, -0.2) is 4.79 Å². The second-order valence-electron chi connectivity index (χ2n) is 8.15. The van der Waals surface area contributed by atoms with Crippen molar-refractivity contribution in [1.29, 1.82) is 0 Å². The van der Waals surface area contributed by atoms with Gasteiger partial charge < -0.3 is 10.1 Å². The summed E-state index contributed by atoms with van der Waals surface area (Å²) in [4.78, 5) is 27.8. The monoisotopic (exact) mass is 447 g/mol. The molecule has 1 aliphatic carbocycles. The number of fused-ring (bicyclic) bond motifs is 1. The number of rotatable bonds is 7. The van der Waals surface area contributed by atoms with Crippen LogP contribution in [0.25, 0.3) is 0 Å². The topological polar surface area (TPSA) is 55.4 Å². The number of aryl methyl sites for hydroxylation is 1. The van der Waals surface area contributed by atoms with Crippen molar-refractivity contribution in [2.24, 2.45) is 0 Å². The molecule has 0 fully saturated rings. The van der Waals surface area contributed by atoms with Gasteiger partial charge in [0.2, 0.25) is 5.91 Å². The highest BCUT2D eigenvalue weighted by molar-refractivity contribution is 7.17. The molecule has 1 amide bonds. The van der Waals surface area contributed by atoms with Crippen LogP contribution in [0.2, 0.25) is 0 Å².